The van der Waals surface area contributed by atoms with Gasteiger partial charge in [0.05, 0.1) is 11.5 Å². The fraction of sp³-hybridized carbons (Fsp3) is 0.462. The van der Waals surface area contributed by atoms with Gasteiger partial charge in [-0.2, -0.15) is 0 Å². The summed E-state index contributed by atoms with van der Waals surface area (Å²) < 4.78 is 0. The Hall–Kier alpha value is -1.35. The van der Waals surface area contributed by atoms with Crippen LogP contribution < -0.4 is 0 Å². The van der Waals surface area contributed by atoms with E-state index in [0.29, 0.717) is 25.7 Å². The van der Waals surface area contributed by atoms with Crippen LogP contribution in [0.1, 0.15) is 31.2 Å². The minimum atomic E-state index is -0.826. The second-order valence-electron chi connectivity index (χ2n) is 4.51. The van der Waals surface area contributed by atoms with Gasteiger partial charge >= 0.3 is 5.97 Å². The van der Waals surface area contributed by atoms with Crippen molar-refractivity contribution >= 4 is 5.97 Å². The molecule has 0 aromatic heterocycles. The second-order valence-corrected chi connectivity index (χ2v) is 4.51. The lowest BCUT2D eigenvalue weighted by atomic mass is 9.75. The van der Waals surface area contributed by atoms with Gasteiger partial charge < -0.3 is 10.2 Å². The third kappa shape index (κ3) is 2.09. The Balaban J connectivity index is 2.10. The molecule has 1 aromatic carbocycles. The first kappa shape index (κ1) is 11.1. The van der Waals surface area contributed by atoms with E-state index in [1.165, 1.54) is 0 Å². The maximum atomic E-state index is 10.8. The van der Waals surface area contributed by atoms with Crippen LogP contribution in [0.25, 0.3) is 0 Å². The molecule has 3 heteroatoms. The molecule has 0 unspecified atom stereocenters. The van der Waals surface area contributed by atoms with Gasteiger partial charge in [0.2, 0.25) is 0 Å². The number of aliphatic hydroxyl groups is 1. The number of carboxylic acids is 1. The number of hydrogen-bond acceptors (Lipinski definition) is 2. The van der Waals surface area contributed by atoms with E-state index in [0.717, 1.165) is 5.56 Å². The lowest BCUT2D eigenvalue weighted by Gasteiger charge is -2.35. The number of benzene rings is 1. The fourth-order valence-corrected chi connectivity index (χ4v) is 2.38. The van der Waals surface area contributed by atoms with Crippen LogP contribution in [-0.2, 0) is 10.4 Å². The highest BCUT2D eigenvalue weighted by molar-refractivity contribution is 5.70. The molecule has 0 radical (unpaired) electrons. The summed E-state index contributed by atoms with van der Waals surface area (Å²) in [5.41, 5.74) is 0.0755. The van der Waals surface area contributed by atoms with Crippen molar-refractivity contribution in [1.29, 1.82) is 0 Å². The van der Waals surface area contributed by atoms with E-state index in [-0.39, 0.29) is 5.92 Å². The minimum Gasteiger partial charge on any atom is -0.481 e. The highest BCUT2D eigenvalue weighted by Gasteiger charge is 2.36. The van der Waals surface area contributed by atoms with Crippen molar-refractivity contribution in [3.63, 3.8) is 0 Å². The van der Waals surface area contributed by atoms with Crippen molar-refractivity contribution in [2.45, 2.75) is 31.3 Å². The lowest BCUT2D eigenvalue weighted by molar-refractivity contribution is -0.145. The lowest BCUT2D eigenvalue weighted by Crippen LogP contribution is -2.33. The van der Waals surface area contributed by atoms with Crippen molar-refractivity contribution in [1.82, 2.24) is 0 Å². The molecule has 1 aliphatic rings. The largest absolute Gasteiger partial charge is 0.481 e. The molecular formula is C13H16O3. The molecule has 0 heterocycles. The molecule has 1 fully saturated rings. The zero-order valence-electron chi connectivity index (χ0n) is 9.10. The number of carbonyl (C=O) groups is 1. The summed E-state index contributed by atoms with van der Waals surface area (Å²) in [5.74, 6) is -1.03. The van der Waals surface area contributed by atoms with Crippen molar-refractivity contribution in [3.05, 3.63) is 35.9 Å². The Bertz CT molecular complexity index is 364. The molecular weight excluding hydrogens is 204 g/mol. The predicted octanol–water partition coefficient (Wildman–Crippen LogP) is 2.15. The number of carboxylic acid groups (broad SMARTS) is 1. The Labute approximate surface area is 94.7 Å². The normalized spacial score (nSPS) is 29.9. The highest BCUT2D eigenvalue weighted by Crippen LogP contribution is 2.39. The van der Waals surface area contributed by atoms with E-state index in [1.54, 1.807) is 0 Å². The van der Waals surface area contributed by atoms with E-state index in [1.807, 2.05) is 30.3 Å². The number of rotatable bonds is 2. The van der Waals surface area contributed by atoms with Crippen LogP contribution in [0.2, 0.25) is 0 Å². The van der Waals surface area contributed by atoms with Gasteiger partial charge in [-0.15, -0.1) is 0 Å². The summed E-state index contributed by atoms with van der Waals surface area (Å²) in [6.45, 7) is 0. The van der Waals surface area contributed by atoms with Gasteiger partial charge in [-0.25, -0.2) is 0 Å². The van der Waals surface area contributed by atoms with Gasteiger partial charge in [0.1, 0.15) is 0 Å². The first-order chi connectivity index (χ1) is 7.62. The van der Waals surface area contributed by atoms with Crippen LogP contribution in [0.15, 0.2) is 30.3 Å². The Morgan fingerprint density at radius 2 is 1.75 bits per heavy atom. The fourth-order valence-electron chi connectivity index (χ4n) is 2.38. The minimum absolute atomic E-state index is 0.288. The molecule has 1 aliphatic carbocycles. The summed E-state index contributed by atoms with van der Waals surface area (Å²) in [7, 11) is 0. The molecule has 16 heavy (non-hydrogen) atoms. The topological polar surface area (TPSA) is 57.5 Å². The average molecular weight is 220 g/mol. The third-order valence-corrected chi connectivity index (χ3v) is 3.47. The van der Waals surface area contributed by atoms with Gasteiger partial charge in [-0.05, 0) is 31.2 Å². The Kier molecular flexibility index (Phi) is 2.97. The molecule has 3 nitrogen and oxygen atoms in total. The quantitative estimate of drug-likeness (QED) is 0.802. The molecule has 0 atom stereocenters. The van der Waals surface area contributed by atoms with Crippen molar-refractivity contribution in [2.75, 3.05) is 0 Å². The zero-order chi connectivity index (χ0) is 11.6. The third-order valence-electron chi connectivity index (χ3n) is 3.47. The predicted molar refractivity (Wildman–Crippen MR) is 59.9 cm³/mol. The molecule has 86 valence electrons. The molecule has 2 rings (SSSR count). The maximum Gasteiger partial charge on any atom is 0.306 e. The molecule has 0 aliphatic heterocycles. The first-order valence-corrected chi connectivity index (χ1v) is 5.62. The average Bonchev–Trinajstić information content (AvgIpc) is 2.31. The van der Waals surface area contributed by atoms with Gasteiger partial charge in [0.25, 0.3) is 0 Å². The number of hydrogen-bond donors (Lipinski definition) is 2. The highest BCUT2D eigenvalue weighted by atomic mass is 16.4. The van der Waals surface area contributed by atoms with Crippen LogP contribution >= 0.6 is 0 Å². The molecule has 0 spiro atoms. The van der Waals surface area contributed by atoms with E-state index < -0.39 is 11.6 Å². The maximum absolute atomic E-state index is 10.8. The summed E-state index contributed by atoms with van der Waals surface area (Å²) in [5, 5.41) is 19.3. The molecule has 0 saturated heterocycles. The smallest absolute Gasteiger partial charge is 0.306 e. The van der Waals surface area contributed by atoms with Gasteiger partial charge in [0.15, 0.2) is 0 Å². The standard InChI is InChI=1S/C13H16O3/c14-12(15)10-6-8-13(16,9-7-10)11-4-2-1-3-5-11/h1-5,10,16H,6-9H2,(H,14,15). The van der Waals surface area contributed by atoms with Crippen molar-refractivity contribution < 1.29 is 15.0 Å². The van der Waals surface area contributed by atoms with Crippen LogP contribution in [0.4, 0.5) is 0 Å². The second kappa shape index (κ2) is 4.26. The van der Waals surface area contributed by atoms with Crippen LogP contribution in [0.5, 0.6) is 0 Å². The van der Waals surface area contributed by atoms with E-state index in [9.17, 15) is 9.90 Å². The molecule has 0 bridgehead atoms. The van der Waals surface area contributed by atoms with Gasteiger partial charge in [-0.3, -0.25) is 4.79 Å². The summed E-state index contributed by atoms with van der Waals surface area (Å²) >= 11 is 0. The summed E-state index contributed by atoms with van der Waals surface area (Å²) in [6, 6.07) is 9.52. The molecule has 1 saturated carbocycles. The zero-order valence-corrected chi connectivity index (χ0v) is 9.10. The molecule has 0 amide bonds. The van der Waals surface area contributed by atoms with Crippen molar-refractivity contribution in [2.24, 2.45) is 5.92 Å². The van der Waals surface area contributed by atoms with Crippen LogP contribution in [-0.4, -0.2) is 16.2 Å². The Morgan fingerprint density at radius 3 is 2.25 bits per heavy atom. The Morgan fingerprint density at radius 1 is 1.19 bits per heavy atom. The van der Waals surface area contributed by atoms with E-state index in [4.69, 9.17) is 5.11 Å². The molecule has 2 N–H and O–H groups in total. The summed E-state index contributed by atoms with van der Waals surface area (Å²) in [6.07, 6.45) is 2.18. The van der Waals surface area contributed by atoms with E-state index >= 15 is 0 Å². The van der Waals surface area contributed by atoms with Gasteiger partial charge in [0, 0.05) is 0 Å². The SMILES string of the molecule is O=C(O)C1CCC(O)(c2ccccc2)CC1. The van der Waals surface area contributed by atoms with Gasteiger partial charge in [-0.1, -0.05) is 30.3 Å². The van der Waals surface area contributed by atoms with Crippen LogP contribution in [0, 0.1) is 5.92 Å². The monoisotopic (exact) mass is 220 g/mol. The first-order valence-electron chi connectivity index (χ1n) is 5.62. The number of aliphatic carboxylic acids is 1. The summed E-state index contributed by atoms with van der Waals surface area (Å²) in [4.78, 5) is 10.8. The van der Waals surface area contributed by atoms with E-state index in [2.05, 4.69) is 0 Å². The molecule has 1 aromatic rings. The van der Waals surface area contributed by atoms with Crippen LogP contribution in [0.3, 0.4) is 0 Å². The van der Waals surface area contributed by atoms with Crippen molar-refractivity contribution in [3.8, 4) is 0 Å².